The van der Waals surface area contributed by atoms with Crippen molar-refractivity contribution in [1.82, 2.24) is 9.80 Å². The van der Waals surface area contributed by atoms with E-state index in [1.54, 1.807) is 6.92 Å². The Morgan fingerprint density at radius 2 is 1.68 bits per heavy atom. The van der Waals surface area contributed by atoms with Gasteiger partial charge in [0.05, 0.1) is 35.6 Å². The van der Waals surface area contributed by atoms with Crippen molar-refractivity contribution in [3.8, 4) is 0 Å². The molecule has 31 heavy (non-hydrogen) atoms. The maximum Gasteiger partial charge on any atom is 0.219 e. The maximum absolute atomic E-state index is 11.6. The van der Waals surface area contributed by atoms with Gasteiger partial charge in [0.25, 0.3) is 0 Å². The van der Waals surface area contributed by atoms with Crippen molar-refractivity contribution in [1.29, 1.82) is 0 Å². The normalized spacial score (nSPS) is 37.8. The summed E-state index contributed by atoms with van der Waals surface area (Å²) in [6.07, 6.45) is 5.74. The Morgan fingerprint density at radius 1 is 1.03 bits per heavy atom. The van der Waals surface area contributed by atoms with Crippen molar-refractivity contribution in [3.05, 3.63) is 0 Å². The number of aliphatic hydroxyl groups excluding tert-OH is 1. The lowest BCUT2D eigenvalue weighted by Crippen LogP contribution is -2.57. The minimum absolute atomic E-state index is 0.0749. The molecule has 0 saturated carbocycles. The van der Waals surface area contributed by atoms with Gasteiger partial charge in [-0.1, -0.05) is 0 Å². The van der Waals surface area contributed by atoms with Crippen molar-refractivity contribution < 1.29 is 24.5 Å². The lowest BCUT2D eigenvalue weighted by molar-refractivity contribution is -0.245. The molecule has 7 nitrogen and oxygen atoms in total. The van der Waals surface area contributed by atoms with E-state index in [2.05, 4.69) is 11.8 Å². The van der Waals surface area contributed by atoms with Crippen LogP contribution in [0.25, 0.3) is 0 Å². The van der Waals surface area contributed by atoms with Crippen molar-refractivity contribution in [3.63, 3.8) is 0 Å². The summed E-state index contributed by atoms with van der Waals surface area (Å²) < 4.78 is 12.7. The van der Waals surface area contributed by atoms with Gasteiger partial charge in [0.1, 0.15) is 0 Å². The minimum Gasteiger partial charge on any atom is -0.390 e. The first-order valence-electron chi connectivity index (χ1n) is 12.1. The predicted octanol–water partition coefficient (Wildman–Crippen LogP) is 1.94. The van der Waals surface area contributed by atoms with Gasteiger partial charge in [-0.05, 0) is 84.2 Å². The molecule has 1 amide bonds. The molecule has 0 aliphatic carbocycles. The third kappa shape index (κ3) is 4.81. The number of β-amino-alcohol motifs (C(OH)–C–C–N with tert-alkyl or cyclic N) is 1. The molecule has 1 spiro atoms. The molecule has 0 aromatic rings. The number of carbonyl (C=O) groups excluding carboxylic acids is 1. The van der Waals surface area contributed by atoms with Crippen molar-refractivity contribution in [2.24, 2.45) is 5.41 Å². The first kappa shape index (κ1) is 23.4. The summed E-state index contributed by atoms with van der Waals surface area (Å²) in [7, 11) is 0. The van der Waals surface area contributed by atoms with Gasteiger partial charge in [-0.3, -0.25) is 4.79 Å². The largest absolute Gasteiger partial charge is 0.390 e. The van der Waals surface area contributed by atoms with Crippen molar-refractivity contribution in [2.45, 2.75) is 102 Å². The number of piperidine rings is 2. The monoisotopic (exact) mass is 438 g/mol. The van der Waals surface area contributed by atoms with Gasteiger partial charge in [-0.25, -0.2) is 0 Å². The van der Waals surface area contributed by atoms with Crippen LogP contribution < -0.4 is 0 Å². The zero-order chi connectivity index (χ0) is 22.5. The highest BCUT2D eigenvalue weighted by Gasteiger charge is 2.53. The van der Waals surface area contributed by atoms with Crippen LogP contribution in [0.3, 0.4) is 0 Å². The van der Waals surface area contributed by atoms with Crippen LogP contribution in [0.1, 0.15) is 72.6 Å². The average Bonchev–Trinajstić information content (AvgIpc) is 3.12. The first-order chi connectivity index (χ1) is 14.4. The first-order valence-corrected chi connectivity index (χ1v) is 12.1. The molecular weight excluding hydrogens is 396 g/mol. The molecular formula is C24H42N2O5. The third-order valence-electron chi connectivity index (χ3n) is 8.68. The van der Waals surface area contributed by atoms with Gasteiger partial charge in [-0.15, -0.1) is 0 Å². The SMILES string of the molecule is CC(=O)N1CCC(O)(CN2CCC3(CC2)CO[C@@H]([C@@]2(C)CC[C@H](O)C(C)(C)O2)C3)CC1. The van der Waals surface area contributed by atoms with E-state index >= 15 is 0 Å². The Bertz CT molecular complexity index is 667. The van der Waals surface area contributed by atoms with Gasteiger partial charge in [-0.2, -0.15) is 0 Å². The summed E-state index contributed by atoms with van der Waals surface area (Å²) in [5.41, 5.74) is -1.36. The second-order valence-electron chi connectivity index (χ2n) is 11.6. The quantitative estimate of drug-likeness (QED) is 0.701. The summed E-state index contributed by atoms with van der Waals surface area (Å²) in [6, 6.07) is 0. The molecule has 0 unspecified atom stereocenters. The molecule has 0 bridgehead atoms. The number of hydrogen-bond donors (Lipinski definition) is 2. The topological polar surface area (TPSA) is 82.5 Å². The fraction of sp³-hybridized carbons (Fsp3) is 0.958. The molecule has 0 aromatic carbocycles. The molecule has 4 aliphatic heterocycles. The number of rotatable bonds is 3. The Kier molecular flexibility index (Phi) is 6.23. The van der Waals surface area contributed by atoms with E-state index in [0.29, 0.717) is 32.5 Å². The maximum atomic E-state index is 11.6. The second-order valence-corrected chi connectivity index (χ2v) is 11.6. The van der Waals surface area contributed by atoms with Crippen LogP contribution in [0.15, 0.2) is 0 Å². The van der Waals surface area contributed by atoms with E-state index in [1.807, 2.05) is 18.7 Å². The van der Waals surface area contributed by atoms with Crippen LogP contribution in [0.2, 0.25) is 0 Å². The molecule has 2 N–H and O–H groups in total. The molecule has 4 fully saturated rings. The van der Waals surface area contributed by atoms with Crippen LogP contribution in [0.5, 0.6) is 0 Å². The number of carbonyl (C=O) groups is 1. The molecule has 7 heteroatoms. The molecule has 178 valence electrons. The Balaban J connectivity index is 1.29. The highest BCUT2D eigenvalue weighted by atomic mass is 16.6. The molecule has 4 aliphatic rings. The number of likely N-dealkylation sites (tertiary alicyclic amines) is 2. The third-order valence-corrected chi connectivity index (χ3v) is 8.68. The second kappa shape index (κ2) is 8.24. The number of amides is 1. The molecule has 3 atom stereocenters. The highest BCUT2D eigenvalue weighted by molar-refractivity contribution is 5.73. The fourth-order valence-corrected chi connectivity index (χ4v) is 6.24. The summed E-state index contributed by atoms with van der Waals surface area (Å²) in [5, 5.41) is 21.3. The summed E-state index contributed by atoms with van der Waals surface area (Å²) >= 11 is 0. The van der Waals surface area contributed by atoms with Crippen molar-refractivity contribution >= 4 is 5.91 Å². The average molecular weight is 439 g/mol. The number of ether oxygens (including phenoxy) is 2. The Hall–Kier alpha value is -0.730. The van der Waals surface area contributed by atoms with Crippen LogP contribution in [-0.4, -0.2) is 94.3 Å². The van der Waals surface area contributed by atoms with Crippen LogP contribution in [-0.2, 0) is 14.3 Å². The molecule has 0 radical (unpaired) electrons. The number of hydrogen-bond acceptors (Lipinski definition) is 6. The minimum atomic E-state index is -0.680. The van der Waals surface area contributed by atoms with E-state index < -0.39 is 17.3 Å². The van der Waals surface area contributed by atoms with Gasteiger partial charge in [0.2, 0.25) is 5.91 Å². The molecule has 4 rings (SSSR count). The molecule has 4 heterocycles. The standard InChI is InChI=1S/C24H42N2O5/c1-18(27)26-13-9-24(29,10-14-26)16-25-11-7-23(8-12-25)15-20(30-17-23)22(4)6-5-19(28)21(2,3)31-22/h19-20,28-29H,5-17H2,1-4H3/t19-,20+,22+/m0/s1. The predicted molar refractivity (Wildman–Crippen MR) is 118 cm³/mol. The van der Waals surface area contributed by atoms with Gasteiger partial charge in [0, 0.05) is 26.6 Å². The highest BCUT2D eigenvalue weighted by Crippen LogP contribution is 2.49. The van der Waals surface area contributed by atoms with Crippen LogP contribution in [0.4, 0.5) is 0 Å². The summed E-state index contributed by atoms with van der Waals surface area (Å²) in [5.74, 6) is 0.103. The van der Waals surface area contributed by atoms with E-state index in [1.165, 1.54) is 0 Å². The zero-order valence-electron chi connectivity index (χ0n) is 19.9. The number of aliphatic hydroxyl groups is 2. The van der Waals surface area contributed by atoms with E-state index in [9.17, 15) is 15.0 Å². The Labute approximate surface area is 187 Å². The van der Waals surface area contributed by atoms with E-state index in [-0.39, 0.29) is 23.0 Å². The van der Waals surface area contributed by atoms with Crippen LogP contribution >= 0.6 is 0 Å². The summed E-state index contributed by atoms with van der Waals surface area (Å²) in [4.78, 5) is 15.8. The molecule has 4 saturated heterocycles. The zero-order valence-corrected chi connectivity index (χ0v) is 19.9. The van der Waals surface area contributed by atoms with E-state index in [0.717, 1.165) is 51.8 Å². The van der Waals surface area contributed by atoms with Gasteiger partial charge in [0.15, 0.2) is 0 Å². The Morgan fingerprint density at radius 3 is 2.26 bits per heavy atom. The summed E-state index contributed by atoms with van der Waals surface area (Å²) in [6.45, 7) is 12.5. The van der Waals surface area contributed by atoms with E-state index in [4.69, 9.17) is 9.47 Å². The van der Waals surface area contributed by atoms with Crippen LogP contribution in [0, 0.1) is 5.41 Å². The fourth-order valence-electron chi connectivity index (χ4n) is 6.24. The molecule has 0 aromatic heterocycles. The number of nitrogens with zero attached hydrogens (tertiary/aromatic N) is 2. The lowest BCUT2D eigenvalue weighted by Gasteiger charge is -2.49. The van der Waals surface area contributed by atoms with Gasteiger partial charge >= 0.3 is 0 Å². The smallest absolute Gasteiger partial charge is 0.219 e. The van der Waals surface area contributed by atoms with Gasteiger partial charge < -0.3 is 29.5 Å². The lowest BCUT2D eigenvalue weighted by atomic mass is 9.73. The van der Waals surface area contributed by atoms with Crippen molar-refractivity contribution in [2.75, 3.05) is 39.3 Å².